The van der Waals surface area contributed by atoms with E-state index in [1.54, 1.807) is 14.2 Å². The van der Waals surface area contributed by atoms with Crippen molar-refractivity contribution in [3.05, 3.63) is 0 Å². The summed E-state index contributed by atoms with van der Waals surface area (Å²) in [6.45, 7) is 2.63. The van der Waals surface area contributed by atoms with Gasteiger partial charge >= 0.3 is 0 Å². The number of ether oxygens (including phenoxy) is 2. The number of nitrogens with one attached hydrogen (secondary N) is 2. The molecule has 2 N–H and O–H groups in total. The summed E-state index contributed by atoms with van der Waals surface area (Å²) in [7, 11) is 3.43. The van der Waals surface area contributed by atoms with Crippen molar-refractivity contribution in [1.29, 1.82) is 0 Å². The molecule has 0 aliphatic rings. The Balaban J connectivity index is 2.95. The smallest absolute Gasteiger partial charge is 0.166 e. The van der Waals surface area contributed by atoms with E-state index in [1.165, 1.54) is 0 Å². The molecule has 0 rings (SSSR count). The molecule has 0 aromatic rings. The maximum absolute atomic E-state index is 5.19. The molecule has 0 saturated heterocycles. The normalized spacial score (nSPS) is 9.50. The number of rotatable bonds is 6. The first-order chi connectivity index (χ1) is 5.81. The molecule has 0 saturated carbocycles. The van der Waals surface area contributed by atoms with Crippen LogP contribution < -0.4 is 10.6 Å². The Morgan fingerprint density at radius 1 is 1.33 bits per heavy atom. The molecule has 0 amide bonds. The molecule has 0 aliphatic heterocycles. The highest BCUT2D eigenvalue weighted by atomic mass is 32.1. The fourth-order valence-electron chi connectivity index (χ4n) is 0.569. The first kappa shape index (κ1) is 11.6. The molecule has 5 heteroatoms. The molecule has 0 unspecified atom stereocenters. The van der Waals surface area contributed by atoms with Crippen LogP contribution in [0.25, 0.3) is 0 Å². The fourth-order valence-corrected chi connectivity index (χ4v) is 0.672. The van der Waals surface area contributed by atoms with Crippen LogP contribution in [0.2, 0.25) is 0 Å². The Kier molecular flexibility index (Phi) is 8.42. The zero-order valence-corrected chi connectivity index (χ0v) is 8.37. The van der Waals surface area contributed by atoms with Gasteiger partial charge in [-0.2, -0.15) is 0 Å². The fraction of sp³-hybridized carbons (Fsp3) is 0.857. The average molecular weight is 192 g/mol. The molecule has 0 bridgehead atoms. The molecule has 0 radical (unpaired) electrons. The van der Waals surface area contributed by atoms with Gasteiger partial charge in [-0.3, -0.25) is 0 Å². The number of hydrogen-bond acceptors (Lipinski definition) is 3. The summed E-state index contributed by atoms with van der Waals surface area (Å²) in [6, 6.07) is 0. The van der Waals surface area contributed by atoms with Crippen molar-refractivity contribution in [2.75, 3.05) is 40.5 Å². The van der Waals surface area contributed by atoms with Gasteiger partial charge < -0.3 is 20.1 Å². The van der Waals surface area contributed by atoms with Crippen molar-refractivity contribution in [2.45, 2.75) is 0 Å². The number of thiocarbonyl (C=S) groups is 1. The monoisotopic (exact) mass is 192 g/mol. The predicted molar refractivity (Wildman–Crippen MR) is 52.4 cm³/mol. The quantitative estimate of drug-likeness (QED) is 0.448. The van der Waals surface area contributed by atoms with Crippen molar-refractivity contribution >= 4 is 17.3 Å². The summed E-state index contributed by atoms with van der Waals surface area (Å²) in [5.41, 5.74) is 0. The zero-order chi connectivity index (χ0) is 9.23. The molecule has 4 nitrogen and oxygen atoms in total. The van der Waals surface area contributed by atoms with Crippen molar-refractivity contribution in [1.82, 2.24) is 10.6 Å². The second-order valence-electron chi connectivity index (χ2n) is 2.11. The van der Waals surface area contributed by atoms with Gasteiger partial charge in [0.15, 0.2) is 5.11 Å². The van der Waals surface area contributed by atoms with Gasteiger partial charge in [-0.15, -0.1) is 0 Å². The molecule has 0 spiro atoms. The van der Waals surface area contributed by atoms with Crippen molar-refractivity contribution in [3.63, 3.8) is 0 Å². The van der Waals surface area contributed by atoms with E-state index in [2.05, 4.69) is 10.6 Å². The van der Waals surface area contributed by atoms with Crippen LogP contribution in [0.15, 0.2) is 0 Å². The summed E-state index contributed by atoms with van der Waals surface area (Å²) in [5.74, 6) is 0. The van der Waals surface area contributed by atoms with E-state index in [9.17, 15) is 0 Å². The van der Waals surface area contributed by atoms with Crippen LogP contribution in [0.5, 0.6) is 0 Å². The molecule has 0 aromatic heterocycles. The first-order valence-corrected chi connectivity index (χ1v) is 4.24. The Hall–Kier alpha value is -0.390. The van der Waals surface area contributed by atoms with Crippen LogP contribution >= 0.6 is 12.2 Å². The van der Waals surface area contributed by atoms with Gasteiger partial charge in [0, 0.05) is 20.7 Å². The summed E-state index contributed by atoms with van der Waals surface area (Å²) in [6.07, 6.45) is 0. The van der Waals surface area contributed by atoms with Gasteiger partial charge in [0.1, 0.15) is 0 Å². The average Bonchev–Trinajstić information content (AvgIpc) is 2.10. The largest absolute Gasteiger partial charge is 0.382 e. The van der Waals surface area contributed by atoms with Crippen LogP contribution in [0.3, 0.4) is 0 Å². The minimum Gasteiger partial charge on any atom is -0.382 e. The van der Waals surface area contributed by atoms with Crippen LogP contribution in [-0.2, 0) is 9.47 Å². The van der Waals surface area contributed by atoms with Gasteiger partial charge in [0.05, 0.1) is 19.8 Å². The SMILES string of the molecule is CNC(=S)NCCOCCOC. The highest BCUT2D eigenvalue weighted by Crippen LogP contribution is 1.74. The van der Waals surface area contributed by atoms with Crippen LogP contribution in [0, 0.1) is 0 Å². The highest BCUT2D eigenvalue weighted by molar-refractivity contribution is 7.80. The Bertz CT molecular complexity index is 122. The topological polar surface area (TPSA) is 42.5 Å². The van der Waals surface area contributed by atoms with Gasteiger partial charge in [-0.25, -0.2) is 0 Å². The van der Waals surface area contributed by atoms with Crippen molar-refractivity contribution in [3.8, 4) is 0 Å². The number of methoxy groups -OCH3 is 1. The molecule has 0 heterocycles. The molecule has 0 aromatic carbocycles. The molecule has 72 valence electrons. The van der Waals surface area contributed by atoms with Crippen molar-refractivity contribution < 1.29 is 9.47 Å². The van der Waals surface area contributed by atoms with Crippen LogP contribution in [0.4, 0.5) is 0 Å². The minimum atomic E-state index is 0.629. The van der Waals surface area contributed by atoms with E-state index in [1.807, 2.05) is 0 Å². The molecule has 0 aliphatic carbocycles. The third-order valence-electron chi connectivity index (χ3n) is 1.19. The van der Waals surface area contributed by atoms with E-state index in [0.717, 1.165) is 6.54 Å². The van der Waals surface area contributed by atoms with Gasteiger partial charge in [0.25, 0.3) is 0 Å². The second kappa shape index (κ2) is 8.70. The van der Waals surface area contributed by atoms with Crippen LogP contribution in [0.1, 0.15) is 0 Å². The summed E-state index contributed by atoms with van der Waals surface area (Å²) >= 11 is 4.85. The molecule has 0 fully saturated rings. The summed E-state index contributed by atoms with van der Waals surface area (Å²) < 4.78 is 10.0. The predicted octanol–water partition coefficient (Wildman–Crippen LogP) is -0.257. The van der Waals surface area contributed by atoms with E-state index in [-0.39, 0.29) is 0 Å². The summed E-state index contributed by atoms with van der Waals surface area (Å²) in [4.78, 5) is 0. The van der Waals surface area contributed by atoms with E-state index < -0.39 is 0 Å². The second-order valence-corrected chi connectivity index (χ2v) is 2.52. The number of hydrogen-bond donors (Lipinski definition) is 2. The highest BCUT2D eigenvalue weighted by Gasteiger charge is 1.90. The summed E-state index contributed by atoms with van der Waals surface area (Å²) in [5, 5.41) is 6.41. The lowest BCUT2D eigenvalue weighted by Gasteiger charge is -2.06. The molecule has 0 atom stereocenters. The van der Waals surface area contributed by atoms with Gasteiger partial charge in [-0.1, -0.05) is 0 Å². The van der Waals surface area contributed by atoms with Crippen LogP contribution in [-0.4, -0.2) is 45.6 Å². The Labute approximate surface area is 78.6 Å². The van der Waals surface area contributed by atoms with Crippen molar-refractivity contribution in [2.24, 2.45) is 0 Å². The minimum absolute atomic E-state index is 0.629. The van der Waals surface area contributed by atoms with E-state index in [0.29, 0.717) is 24.9 Å². The Morgan fingerprint density at radius 3 is 2.67 bits per heavy atom. The third-order valence-corrected chi connectivity index (χ3v) is 1.54. The lowest BCUT2D eigenvalue weighted by atomic mass is 10.6. The lowest BCUT2D eigenvalue weighted by Crippen LogP contribution is -2.34. The Morgan fingerprint density at radius 2 is 2.08 bits per heavy atom. The van der Waals surface area contributed by atoms with E-state index in [4.69, 9.17) is 21.7 Å². The van der Waals surface area contributed by atoms with Gasteiger partial charge in [-0.05, 0) is 12.2 Å². The zero-order valence-electron chi connectivity index (χ0n) is 7.55. The maximum Gasteiger partial charge on any atom is 0.166 e. The molecular formula is C7H16N2O2S. The standard InChI is InChI=1S/C7H16N2O2S/c1-8-7(12)9-3-4-11-6-5-10-2/h3-6H2,1-2H3,(H2,8,9,12). The first-order valence-electron chi connectivity index (χ1n) is 3.83. The third kappa shape index (κ3) is 7.71. The molecule has 12 heavy (non-hydrogen) atoms. The lowest BCUT2D eigenvalue weighted by molar-refractivity contribution is 0.0734. The van der Waals surface area contributed by atoms with Gasteiger partial charge in [0.2, 0.25) is 0 Å². The maximum atomic E-state index is 5.19. The molecular weight excluding hydrogens is 176 g/mol. The van der Waals surface area contributed by atoms with E-state index >= 15 is 0 Å².